The molecule has 0 radical (unpaired) electrons. The van der Waals surface area contributed by atoms with Gasteiger partial charge >= 0.3 is 0 Å². The van der Waals surface area contributed by atoms with Crippen LogP contribution < -0.4 is 5.32 Å². The first-order chi connectivity index (χ1) is 7.68. The SMILES string of the molecule is Cc1noc(C)c1CNc1ccccc1I. The van der Waals surface area contributed by atoms with Crippen molar-refractivity contribution in [3.63, 3.8) is 0 Å². The predicted octanol–water partition coefficient (Wildman–Crippen LogP) is 3.51. The summed E-state index contributed by atoms with van der Waals surface area (Å²) < 4.78 is 6.34. The number of rotatable bonds is 3. The fraction of sp³-hybridized carbons (Fsp3) is 0.250. The molecule has 0 bridgehead atoms. The Hall–Kier alpha value is -1.04. The Labute approximate surface area is 108 Å². The van der Waals surface area contributed by atoms with Crippen LogP contribution in [-0.4, -0.2) is 5.16 Å². The Morgan fingerprint density at radius 3 is 2.69 bits per heavy atom. The van der Waals surface area contributed by atoms with Crippen molar-refractivity contribution in [2.75, 3.05) is 5.32 Å². The van der Waals surface area contributed by atoms with E-state index in [2.05, 4.69) is 45.2 Å². The lowest BCUT2D eigenvalue weighted by Gasteiger charge is -2.07. The highest BCUT2D eigenvalue weighted by Crippen LogP contribution is 2.19. The summed E-state index contributed by atoms with van der Waals surface area (Å²) in [5.74, 6) is 0.885. The molecule has 4 heteroatoms. The highest BCUT2D eigenvalue weighted by molar-refractivity contribution is 14.1. The van der Waals surface area contributed by atoms with Crippen LogP contribution in [0.1, 0.15) is 17.0 Å². The first-order valence-corrected chi connectivity index (χ1v) is 6.16. The van der Waals surface area contributed by atoms with E-state index in [1.54, 1.807) is 0 Å². The summed E-state index contributed by atoms with van der Waals surface area (Å²) in [4.78, 5) is 0. The van der Waals surface area contributed by atoms with Crippen LogP contribution in [0.25, 0.3) is 0 Å². The largest absolute Gasteiger partial charge is 0.380 e. The quantitative estimate of drug-likeness (QED) is 0.877. The molecule has 2 aromatic rings. The molecule has 0 aliphatic heterocycles. The number of hydrogen-bond donors (Lipinski definition) is 1. The number of aromatic nitrogens is 1. The zero-order chi connectivity index (χ0) is 11.5. The molecule has 0 saturated heterocycles. The van der Waals surface area contributed by atoms with Crippen molar-refractivity contribution in [2.24, 2.45) is 0 Å². The lowest BCUT2D eigenvalue weighted by Crippen LogP contribution is -2.02. The van der Waals surface area contributed by atoms with Crippen molar-refractivity contribution >= 4 is 28.3 Å². The number of nitrogens with zero attached hydrogens (tertiary/aromatic N) is 1. The maximum Gasteiger partial charge on any atom is 0.138 e. The number of anilines is 1. The van der Waals surface area contributed by atoms with Crippen LogP contribution in [0.5, 0.6) is 0 Å². The van der Waals surface area contributed by atoms with Crippen LogP contribution in [0.15, 0.2) is 28.8 Å². The van der Waals surface area contributed by atoms with E-state index < -0.39 is 0 Å². The number of para-hydroxylation sites is 1. The van der Waals surface area contributed by atoms with E-state index in [0.717, 1.165) is 29.2 Å². The number of nitrogens with one attached hydrogen (secondary N) is 1. The van der Waals surface area contributed by atoms with Crippen molar-refractivity contribution in [3.05, 3.63) is 44.9 Å². The van der Waals surface area contributed by atoms with Gasteiger partial charge in [-0.05, 0) is 48.6 Å². The van der Waals surface area contributed by atoms with Crippen LogP contribution >= 0.6 is 22.6 Å². The molecular formula is C12H13IN2O. The van der Waals surface area contributed by atoms with Crippen molar-refractivity contribution in [3.8, 4) is 0 Å². The van der Waals surface area contributed by atoms with Crippen LogP contribution in [-0.2, 0) is 6.54 Å². The molecule has 0 fully saturated rings. The molecule has 0 unspecified atom stereocenters. The highest BCUT2D eigenvalue weighted by Gasteiger charge is 2.08. The minimum atomic E-state index is 0.751. The average molecular weight is 328 g/mol. The normalized spacial score (nSPS) is 10.4. The van der Waals surface area contributed by atoms with Gasteiger partial charge in [0.05, 0.1) is 5.69 Å². The Balaban J connectivity index is 2.11. The lowest BCUT2D eigenvalue weighted by molar-refractivity contribution is 0.392. The van der Waals surface area contributed by atoms with Gasteiger partial charge in [0.25, 0.3) is 0 Å². The zero-order valence-corrected chi connectivity index (χ0v) is 11.4. The van der Waals surface area contributed by atoms with E-state index >= 15 is 0 Å². The molecule has 84 valence electrons. The Morgan fingerprint density at radius 2 is 2.06 bits per heavy atom. The first kappa shape index (κ1) is 11.4. The summed E-state index contributed by atoms with van der Waals surface area (Å²) in [5, 5.41) is 7.32. The molecule has 0 amide bonds. The van der Waals surface area contributed by atoms with Crippen molar-refractivity contribution < 1.29 is 4.52 Å². The minimum Gasteiger partial charge on any atom is -0.380 e. The monoisotopic (exact) mass is 328 g/mol. The van der Waals surface area contributed by atoms with Crippen molar-refractivity contribution in [1.29, 1.82) is 0 Å². The molecule has 0 saturated carbocycles. The molecular weight excluding hydrogens is 315 g/mol. The molecule has 1 aromatic carbocycles. The summed E-state index contributed by atoms with van der Waals surface area (Å²) in [6, 6.07) is 8.21. The molecule has 0 aliphatic carbocycles. The number of halogens is 1. The number of aryl methyl sites for hydroxylation is 2. The fourth-order valence-electron chi connectivity index (χ4n) is 1.54. The molecule has 1 aromatic heterocycles. The molecule has 16 heavy (non-hydrogen) atoms. The van der Waals surface area contributed by atoms with Gasteiger partial charge in [0.15, 0.2) is 0 Å². The van der Waals surface area contributed by atoms with Crippen molar-refractivity contribution in [2.45, 2.75) is 20.4 Å². The van der Waals surface area contributed by atoms with Gasteiger partial charge in [-0.2, -0.15) is 0 Å². The van der Waals surface area contributed by atoms with Crippen LogP contribution in [0, 0.1) is 17.4 Å². The van der Waals surface area contributed by atoms with E-state index in [1.807, 2.05) is 26.0 Å². The number of hydrogen-bond acceptors (Lipinski definition) is 3. The predicted molar refractivity (Wildman–Crippen MR) is 72.5 cm³/mol. The summed E-state index contributed by atoms with van der Waals surface area (Å²) in [7, 11) is 0. The van der Waals surface area contributed by atoms with Gasteiger partial charge in [-0.15, -0.1) is 0 Å². The lowest BCUT2D eigenvalue weighted by atomic mass is 10.2. The first-order valence-electron chi connectivity index (χ1n) is 5.08. The summed E-state index contributed by atoms with van der Waals surface area (Å²) in [6.45, 7) is 4.65. The average Bonchev–Trinajstić information content (AvgIpc) is 2.58. The van der Waals surface area contributed by atoms with Crippen molar-refractivity contribution in [1.82, 2.24) is 5.16 Å². The van der Waals surface area contributed by atoms with Gasteiger partial charge in [-0.25, -0.2) is 0 Å². The second-order valence-corrected chi connectivity index (χ2v) is 4.80. The summed E-state index contributed by atoms with van der Waals surface area (Å²) in [6.07, 6.45) is 0. The van der Waals surface area contributed by atoms with Gasteiger partial charge in [-0.3, -0.25) is 0 Å². The third kappa shape index (κ3) is 2.37. The summed E-state index contributed by atoms with van der Waals surface area (Å²) in [5.41, 5.74) is 3.23. The Kier molecular flexibility index (Phi) is 3.48. The molecule has 1 N–H and O–H groups in total. The highest BCUT2D eigenvalue weighted by atomic mass is 127. The molecule has 0 atom stereocenters. The zero-order valence-electron chi connectivity index (χ0n) is 9.25. The van der Waals surface area contributed by atoms with Crippen LogP contribution in [0.4, 0.5) is 5.69 Å². The van der Waals surface area contributed by atoms with E-state index in [9.17, 15) is 0 Å². The summed E-state index contributed by atoms with van der Waals surface area (Å²) >= 11 is 2.32. The minimum absolute atomic E-state index is 0.751. The third-order valence-electron chi connectivity index (χ3n) is 2.51. The molecule has 2 rings (SSSR count). The Bertz CT molecular complexity index is 474. The van der Waals surface area contributed by atoms with E-state index in [1.165, 1.54) is 3.57 Å². The standard InChI is InChI=1S/C12H13IN2O/c1-8-10(9(2)16-15-8)7-14-12-6-4-3-5-11(12)13/h3-6,14H,7H2,1-2H3. The maximum absolute atomic E-state index is 5.12. The smallest absolute Gasteiger partial charge is 0.138 e. The second-order valence-electron chi connectivity index (χ2n) is 3.64. The topological polar surface area (TPSA) is 38.1 Å². The molecule has 0 spiro atoms. The second kappa shape index (κ2) is 4.86. The fourth-order valence-corrected chi connectivity index (χ4v) is 2.12. The van der Waals surface area contributed by atoms with Crippen LogP contribution in [0.3, 0.4) is 0 Å². The molecule has 3 nitrogen and oxygen atoms in total. The van der Waals surface area contributed by atoms with Gasteiger partial charge in [0.1, 0.15) is 5.76 Å². The van der Waals surface area contributed by atoms with Gasteiger partial charge in [0.2, 0.25) is 0 Å². The van der Waals surface area contributed by atoms with E-state index in [4.69, 9.17) is 4.52 Å². The third-order valence-corrected chi connectivity index (χ3v) is 3.45. The van der Waals surface area contributed by atoms with Gasteiger partial charge < -0.3 is 9.84 Å². The van der Waals surface area contributed by atoms with Gasteiger partial charge in [0, 0.05) is 21.4 Å². The number of benzene rings is 1. The maximum atomic E-state index is 5.12. The molecule has 1 heterocycles. The van der Waals surface area contributed by atoms with Crippen LogP contribution in [0.2, 0.25) is 0 Å². The van der Waals surface area contributed by atoms with E-state index in [0.29, 0.717) is 0 Å². The Morgan fingerprint density at radius 1 is 1.31 bits per heavy atom. The van der Waals surface area contributed by atoms with Gasteiger partial charge in [-0.1, -0.05) is 17.3 Å². The van der Waals surface area contributed by atoms with E-state index in [-0.39, 0.29) is 0 Å². The molecule has 0 aliphatic rings.